The van der Waals surface area contributed by atoms with Crippen LogP contribution < -0.4 is 0 Å². The number of aliphatic carboxylic acids is 1. The number of aliphatic hydroxyl groups is 2. The second-order valence-corrected chi connectivity index (χ2v) is 12.6. The molecular formula is C27H46O4. The van der Waals surface area contributed by atoms with Crippen LogP contribution in [0.15, 0.2) is 0 Å². The molecule has 0 saturated heterocycles. The molecule has 4 aliphatic rings. The highest BCUT2D eigenvalue weighted by molar-refractivity contribution is 5.69. The summed E-state index contributed by atoms with van der Waals surface area (Å²) in [6.45, 7) is 9.22. The molecule has 4 aliphatic carbocycles. The monoisotopic (exact) mass is 434 g/mol. The van der Waals surface area contributed by atoms with Crippen LogP contribution in [0.1, 0.15) is 98.3 Å². The molecule has 178 valence electrons. The van der Waals surface area contributed by atoms with Crippen LogP contribution in [0.4, 0.5) is 0 Å². The molecule has 0 amide bonds. The normalized spacial score (nSPS) is 48.9. The van der Waals surface area contributed by atoms with Gasteiger partial charge in [-0.1, -0.05) is 40.5 Å². The van der Waals surface area contributed by atoms with Crippen LogP contribution >= 0.6 is 0 Å². The van der Waals surface area contributed by atoms with Crippen LogP contribution in [0.2, 0.25) is 0 Å². The number of carboxylic acids is 1. The zero-order chi connectivity index (χ0) is 22.6. The average Bonchev–Trinajstić information content (AvgIpc) is 3.06. The molecule has 4 rings (SSSR count). The van der Waals surface area contributed by atoms with Gasteiger partial charge in [-0.2, -0.15) is 0 Å². The van der Waals surface area contributed by atoms with Crippen molar-refractivity contribution in [3.8, 4) is 0 Å². The first kappa shape index (κ1) is 23.5. The van der Waals surface area contributed by atoms with E-state index in [1.807, 2.05) is 6.92 Å². The summed E-state index contributed by atoms with van der Waals surface area (Å²) in [5, 5.41) is 30.8. The van der Waals surface area contributed by atoms with Crippen molar-refractivity contribution in [1.29, 1.82) is 0 Å². The number of rotatable bonds is 6. The molecule has 0 bridgehead atoms. The van der Waals surface area contributed by atoms with Gasteiger partial charge in [-0.15, -0.1) is 0 Å². The Morgan fingerprint density at radius 3 is 2.32 bits per heavy atom. The summed E-state index contributed by atoms with van der Waals surface area (Å²) < 4.78 is 0. The third kappa shape index (κ3) is 3.98. The van der Waals surface area contributed by atoms with Gasteiger partial charge in [0.2, 0.25) is 0 Å². The molecule has 0 aromatic heterocycles. The van der Waals surface area contributed by atoms with Crippen molar-refractivity contribution in [2.24, 2.45) is 52.3 Å². The van der Waals surface area contributed by atoms with Crippen LogP contribution in [0.25, 0.3) is 0 Å². The van der Waals surface area contributed by atoms with Gasteiger partial charge in [0.15, 0.2) is 0 Å². The van der Waals surface area contributed by atoms with Gasteiger partial charge in [0.25, 0.3) is 0 Å². The van der Waals surface area contributed by atoms with Crippen molar-refractivity contribution in [3.63, 3.8) is 0 Å². The fraction of sp³-hybridized carbons (Fsp3) is 0.963. The number of fused-ring (bicyclic) bond motifs is 5. The largest absolute Gasteiger partial charge is 0.481 e. The Labute approximate surface area is 189 Å². The molecule has 0 heterocycles. The number of carbonyl (C=O) groups is 1. The van der Waals surface area contributed by atoms with Crippen molar-refractivity contribution in [1.82, 2.24) is 0 Å². The van der Waals surface area contributed by atoms with E-state index in [2.05, 4.69) is 20.8 Å². The third-order valence-electron chi connectivity index (χ3n) is 11.1. The van der Waals surface area contributed by atoms with Crippen molar-refractivity contribution in [2.75, 3.05) is 0 Å². The zero-order valence-electron chi connectivity index (χ0n) is 20.2. The van der Waals surface area contributed by atoms with Gasteiger partial charge < -0.3 is 15.3 Å². The molecule has 0 spiro atoms. The van der Waals surface area contributed by atoms with E-state index < -0.39 is 5.97 Å². The summed E-state index contributed by atoms with van der Waals surface area (Å²) in [5.74, 6) is 2.55. The minimum atomic E-state index is -0.674. The predicted molar refractivity (Wildman–Crippen MR) is 122 cm³/mol. The van der Waals surface area contributed by atoms with Gasteiger partial charge in [-0.3, -0.25) is 4.79 Å². The minimum absolute atomic E-state index is 0.170. The summed E-state index contributed by atoms with van der Waals surface area (Å²) in [6, 6.07) is 0. The molecule has 31 heavy (non-hydrogen) atoms. The van der Waals surface area contributed by atoms with E-state index >= 15 is 0 Å². The second kappa shape index (κ2) is 8.63. The summed E-state index contributed by atoms with van der Waals surface area (Å²) in [6.07, 6.45) is 11.4. The predicted octanol–water partition coefficient (Wildman–Crippen LogP) is 5.50. The maximum Gasteiger partial charge on any atom is 0.306 e. The van der Waals surface area contributed by atoms with Crippen molar-refractivity contribution >= 4 is 5.97 Å². The first-order valence-electron chi connectivity index (χ1n) is 13.2. The van der Waals surface area contributed by atoms with E-state index in [-0.39, 0.29) is 18.1 Å². The van der Waals surface area contributed by atoms with Crippen molar-refractivity contribution in [2.45, 2.75) is 111 Å². The van der Waals surface area contributed by atoms with E-state index in [0.29, 0.717) is 46.3 Å². The summed E-state index contributed by atoms with van der Waals surface area (Å²) in [5.41, 5.74) is 0.610. The fourth-order valence-electron chi connectivity index (χ4n) is 9.25. The lowest BCUT2D eigenvalue weighted by atomic mass is 9.43. The first-order chi connectivity index (χ1) is 14.6. The van der Waals surface area contributed by atoms with Crippen LogP contribution in [0.3, 0.4) is 0 Å². The van der Waals surface area contributed by atoms with Crippen molar-refractivity contribution in [3.05, 3.63) is 0 Å². The lowest BCUT2D eigenvalue weighted by Crippen LogP contribution is -2.58. The Morgan fingerprint density at radius 1 is 0.935 bits per heavy atom. The SMILES string of the molecule is C[C@H](CCC[C@@H](C)[C@H]1CC[C@H]2[C@@H]3[C@H](O)C[C@@H]4C[C@H](O)CC[C@]4(C)[C@H]3CC[C@]12C)C(=O)O. The molecule has 0 radical (unpaired) electrons. The topological polar surface area (TPSA) is 77.8 Å². The maximum absolute atomic E-state index is 11.3. The summed E-state index contributed by atoms with van der Waals surface area (Å²) >= 11 is 0. The van der Waals surface area contributed by atoms with Gasteiger partial charge >= 0.3 is 5.97 Å². The molecule has 11 atom stereocenters. The molecule has 4 heteroatoms. The van der Waals surface area contributed by atoms with Gasteiger partial charge in [-0.25, -0.2) is 0 Å². The van der Waals surface area contributed by atoms with Gasteiger partial charge in [0, 0.05) is 0 Å². The first-order valence-corrected chi connectivity index (χ1v) is 13.2. The van der Waals surface area contributed by atoms with E-state index in [9.17, 15) is 15.0 Å². The smallest absolute Gasteiger partial charge is 0.306 e. The average molecular weight is 435 g/mol. The quantitative estimate of drug-likeness (QED) is 0.515. The van der Waals surface area contributed by atoms with E-state index in [4.69, 9.17) is 5.11 Å². The molecule has 3 N–H and O–H groups in total. The number of carboxylic acid groups (broad SMARTS) is 1. The molecule has 4 nitrogen and oxygen atoms in total. The Morgan fingerprint density at radius 2 is 1.61 bits per heavy atom. The van der Waals surface area contributed by atoms with Crippen LogP contribution in [-0.2, 0) is 4.79 Å². The van der Waals surface area contributed by atoms with Crippen LogP contribution in [0, 0.1) is 52.3 Å². The highest BCUT2D eigenvalue weighted by Crippen LogP contribution is 2.68. The lowest BCUT2D eigenvalue weighted by Gasteiger charge is -2.62. The number of hydrogen-bond donors (Lipinski definition) is 3. The Hall–Kier alpha value is -0.610. The van der Waals surface area contributed by atoms with Gasteiger partial charge in [0.05, 0.1) is 18.1 Å². The second-order valence-electron chi connectivity index (χ2n) is 12.6. The van der Waals surface area contributed by atoms with Gasteiger partial charge in [0.1, 0.15) is 0 Å². The molecule has 0 aromatic rings. The van der Waals surface area contributed by atoms with E-state index in [0.717, 1.165) is 44.9 Å². The highest BCUT2D eigenvalue weighted by Gasteiger charge is 2.62. The third-order valence-corrected chi connectivity index (χ3v) is 11.1. The number of hydrogen-bond acceptors (Lipinski definition) is 3. The summed E-state index contributed by atoms with van der Waals surface area (Å²) in [7, 11) is 0. The van der Waals surface area contributed by atoms with Crippen molar-refractivity contribution < 1.29 is 20.1 Å². The van der Waals surface area contributed by atoms with Crippen LogP contribution in [0.5, 0.6) is 0 Å². The Kier molecular flexibility index (Phi) is 6.55. The molecule has 0 unspecified atom stereocenters. The fourth-order valence-corrected chi connectivity index (χ4v) is 9.25. The zero-order valence-corrected chi connectivity index (χ0v) is 20.2. The van der Waals surface area contributed by atoms with Crippen LogP contribution in [-0.4, -0.2) is 33.5 Å². The summed E-state index contributed by atoms with van der Waals surface area (Å²) in [4.78, 5) is 11.1. The minimum Gasteiger partial charge on any atom is -0.481 e. The van der Waals surface area contributed by atoms with Gasteiger partial charge in [-0.05, 0) is 104 Å². The van der Waals surface area contributed by atoms with E-state index in [1.165, 1.54) is 25.7 Å². The number of aliphatic hydroxyl groups excluding tert-OH is 2. The van der Waals surface area contributed by atoms with E-state index in [1.54, 1.807) is 0 Å². The molecular weight excluding hydrogens is 388 g/mol. The Balaban J connectivity index is 1.46. The highest BCUT2D eigenvalue weighted by atomic mass is 16.4. The Bertz CT molecular complexity index is 664. The lowest BCUT2D eigenvalue weighted by molar-refractivity contribution is -0.174. The standard InChI is InChI=1S/C27H46O4/c1-16(6-5-7-17(2)25(30)31)20-8-9-21-24-22(11-13-27(20,21)4)26(3)12-10-19(28)14-18(26)15-23(24)29/h16-24,28-29H,5-15H2,1-4H3,(H,30,31)/t16-,17-,18+,19-,20-,21+,22+,23-,24+,26+,27-/m1/s1. The molecule has 4 saturated carbocycles. The molecule has 0 aliphatic heterocycles. The molecule has 0 aromatic carbocycles. The molecule has 4 fully saturated rings. The maximum atomic E-state index is 11.3.